The number of nitrogens with one attached hydrogen (secondary N) is 1. The fourth-order valence-corrected chi connectivity index (χ4v) is 3.08. The van der Waals surface area contributed by atoms with Crippen LogP contribution >= 0.6 is 23.2 Å². The molecule has 0 spiro atoms. The van der Waals surface area contributed by atoms with Gasteiger partial charge in [0, 0.05) is 28.7 Å². The van der Waals surface area contributed by atoms with Gasteiger partial charge in [-0.15, -0.1) is 0 Å². The van der Waals surface area contributed by atoms with Gasteiger partial charge >= 0.3 is 0 Å². The molecular weight excluding hydrogens is 347 g/mol. The minimum atomic E-state index is -0.338. The highest BCUT2D eigenvalue weighted by atomic mass is 35.5. The van der Waals surface area contributed by atoms with Gasteiger partial charge in [0.2, 0.25) is 0 Å². The molecule has 0 saturated carbocycles. The van der Waals surface area contributed by atoms with E-state index in [4.69, 9.17) is 23.2 Å². The molecule has 2 aromatic carbocycles. The monoisotopic (exact) mass is 362 g/mol. The zero-order valence-corrected chi connectivity index (χ0v) is 14.4. The molecule has 124 valence electrons. The van der Waals surface area contributed by atoms with Crippen LogP contribution in [-0.4, -0.2) is 29.8 Å². The summed E-state index contributed by atoms with van der Waals surface area (Å²) in [5.41, 5.74) is 1.27. The van der Waals surface area contributed by atoms with Crippen LogP contribution in [-0.2, 0) is 0 Å². The van der Waals surface area contributed by atoms with E-state index in [2.05, 4.69) is 5.32 Å². The maximum absolute atomic E-state index is 12.7. The molecule has 24 heavy (non-hydrogen) atoms. The summed E-state index contributed by atoms with van der Waals surface area (Å²) < 4.78 is 0. The summed E-state index contributed by atoms with van der Waals surface area (Å²) in [5, 5.41) is 3.70. The molecular formula is C18H16Cl2N2O2. The highest BCUT2D eigenvalue weighted by Gasteiger charge is 2.23. The van der Waals surface area contributed by atoms with E-state index in [0.717, 1.165) is 25.9 Å². The number of carbonyl (C=O) groups is 2. The Morgan fingerprint density at radius 3 is 2.38 bits per heavy atom. The van der Waals surface area contributed by atoms with Gasteiger partial charge in [-0.25, -0.2) is 0 Å². The second-order valence-corrected chi connectivity index (χ2v) is 6.53. The molecule has 2 amide bonds. The number of hydrogen-bond acceptors (Lipinski definition) is 2. The summed E-state index contributed by atoms with van der Waals surface area (Å²) in [5.74, 6) is -0.430. The average molecular weight is 363 g/mol. The van der Waals surface area contributed by atoms with Crippen LogP contribution < -0.4 is 5.32 Å². The van der Waals surface area contributed by atoms with Crippen molar-refractivity contribution in [1.82, 2.24) is 4.90 Å². The van der Waals surface area contributed by atoms with Crippen LogP contribution in [0.4, 0.5) is 5.69 Å². The van der Waals surface area contributed by atoms with Crippen LogP contribution in [0.3, 0.4) is 0 Å². The molecule has 0 atom stereocenters. The van der Waals surface area contributed by atoms with Gasteiger partial charge < -0.3 is 10.2 Å². The first-order valence-electron chi connectivity index (χ1n) is 7.70. The van der Waals surface area contributed by atoms with Crippen molar-refractivity contribution in [3.05, 3.63) is 63.6 Å². The highest BCUT2D eigenvalue weighted by Crippen LogP contribution is 2.25. The first-order valence-corrected chi connectivity index (χ1v) is 8.46. The zero-order valence-electron chi connectivity index (χ0n) is 12.9. The number of anilines is 1. The Hall–Kier alpha value is -2.04. The van der Waals surface area contributed by atoms with Crippen molar-refractivity contribution in [2.75, 3.05) is 18.4 Å². The van der Waals surface area contributed by atoms with Crippen LogP contribution in [0.5, 0.6) is 0 Å². The molecule has 3 rings (SSSR count). The normalized spacial score (nSPS) is 13.8. The lowest BCUT2D eigenvalue weighted by Crippen LogP contribution is -2.28. The van der Waals surface area contributed by atoms with Gasteiger partial charge in [-0.3, -0.25) is 9.59 Å². The third-order valence-corrected chi connectivity index (χ3v) is 4.41. The third kappa shape index (κ3) is 3.71. The van der Waals surface area contributed by atoms with Crippen molar-refractivity contribution in [2.45, 2.75) is 12.8 Å². The summed E-state index contributed by atoms with van der Waals surface area (Å²) >= 11 is 12.0. The number of halogens is 2. The summed E-state index contributed by atoms with van der Waals surface area (Å²) in [6, 6.07) is 11.5. The second kappa shape index (κ2) is 7.24. The highest BCUT2D eigenvalue weighted by molar-refractivity contribution is 6.31. The Balaban J connectivity index is 1.88. The fourth-order valence-electron chi connectivity index (χ4n) is 2.72. The topological polar surface area (TPSA) is 49.4 Å². The molecule has 6 heteroatoms. The van der Waals surface area contributed by atoms with E-state index < -0.39 is 0 Å². The number of likely N-dealkylation sites (tertiary alicyclic amines) is 1. The fraction of sp³-hybridized carbons (Fsp3) is 0.222. The van der Waals surface area contributed by atoms with E-state index in [-0.39, 0.29) is 11.8 Å². The first-order chi connectivity index (χ1) is 11.5. The van der Waals surface area contributed by atoms with Crippen molar-refractivity contribution in [3.63, 3.8) is 0 Å². The molecule has 1 heterocycles. The average Bonchev–Trinajstić information content (AvgIpc) is 3.09. The SMILES string of the molecule is O=C(Nc1cc(Cl)ccc1C(=O)N1CCCC1)c1cccc(Cl)c1. The van der Waals surface area contributed by atoms with Gasteiger partial charge in [-0.05, 0) is 49.2 Å². The molecule has 1 saturated heterocycles. The summed E-state index contributed by atoms with van der Waals surface area (Å²) in [6.45, 7) is 1.48. The molecule has 1 N–H and O–H groups in total. The van der Waals surface area contributed by atoms with E-state index in [1.54, 1.807) is 47.4 Å². The minimum Gasteiger partial charge on any atom is -0.339 e. The van der Waals surface area contributed by atoms with Crippen LogP contribution in [0.15, 0.2) is 42.5 Å². The van der Waals surface area contributed by atoms with Gasteiger partial charge in [-0.2, -0.15) is 0 Å². The van der Waals surface area contributed by atoms with Gasteiger partial charge in [0.05, 0.1) is 11.3 Å². The minimum absolute atomic E-state index is 0.0921. The Bertz CT molecular complexity index is 786. The second-order valence-electron chi connectivity index (χ2n) is 5.65. The van der Waals surface area contributed by atoms with Crippen molar-refractivity contribution >= 4 is 40.7 Å². The molecule has 2 aromatic rings. The smallest absolute Gasteiger partial charge is 0.255 e. The maximum atomic E-state index is 12.7. The summed E-state index contributed by atoms with van der Waals surface area (Å²) in [7, 11) is 0. The van der Waals surface area contributed by atoms with Crippen LogP contribution in [0, 0.1) is 0 Å². The molecule has 0 aliphatic carbocycles. The lowest BCUT2D eigenvalue weighted by molar-refractivity contribution is 0.0794. The van der Waals surface area contributed by atoms with E-state index in [1.165, 1.54) is 0 Å². The van der Waals surface area contributed by atoms with Gasteiger partial charge in [0.1, 0.15) is 0 Å². The molecule has 0 unspecified atom stereocenters. The van der Waals surface area contributed by atoms with E-state index in [0.29, 0.717) is 26.9 Å². The molecule has 1 fully saturated rings. The van der Waals surface area contributed by atoms with Crippen molar-refractivity contribution < 1.29 is 9.59 Å². The standard InChI is InChI=1S/C18H16Cl2N2O2/c19-13-5-3-4-12(10-13)17(23)21-16-11-14(20)6-7-15(16)18(24)22-8-1-2-9-22/h3-7,10-11H,1-2,8-9H2,(H,21,23). The van der Waals surface area contributed by atoms with Crippen molar-refractivity contribution in [2.24, 2.45) is 0 Å². The van der Waals surface area contributed by atoms with Crippen LogP contribution in [0.1, 0.15) is 33.6 Å². The lowest BCUT2D eigenvalue weighted by Gasteiger charge is -2.18. The molecule has 1 aliphatic rings. The Morgan fingerprint density at radius 1 is 0.958 bits per heavy atom. The Labute approximate surface area is 150 Å². The number of hydrogen-bond donors (Lipinski definition) is 1. The molecule has 0 aromatic heterocycles. The maximum Gasteiger partial charge on any atom is 0.255 e. The summed E-state index contributed by atoms with van der Waals surface area (Å²) in [4.78, 5) is 26.9. The summed E-state index contributed by atoms with van der Waals surface area (Å²) in [6.07, 6.45) is 2.01. The number of carbonyl (C=O) groups excluding carboxylic acids is 2. The van der Waals surface area contributed by atoms with Crippen LogP contribution in [0.25, 0.3) is 0 Å². The van der Waals surface area contributed by atoms with Crippen LogP contribution in [0.2, 0.25) is 10.0 Å². The molecule has 1 aliphatic heterocycles. The zero-order chi connectivity index (χ0) is 17.1. The number of benzene rings is 2. The Kier molecular flexibility index (Phi) is 5.07. The first kappa shape index (κ1) is 16.8. The van der Waals surface area contributed by atoms with E-state index in [9.17, 15) is 9.59 Å². The number of nitrogens with zero attached hydrogens (tertiary/aromatic N) is 1. The van der Waals surface area contributed by atoms with Gasteiger partial charge in [0.25, 0.3) is 11.8 Å². The Morgan fingerprint density at radius 2 is 1.67 bits per heavy atom. The van der Waals surface area contributed by atoms with E-state index in [1.807, 2.05) is 0 Å². The molecule has 0 bridgehead atoms. The largest absolute Gasteiger partial charge is 0.339 e. The van der Waals surface area contributed by atoms with Crippen molar-refractivity contribution in [3.8, 4) is 0 Å². The van der Waals surface area contributed by atoms with E-state index >= 15 is 0 Å². The lowest BCUT2D eigenvalue weighted by atomic mass is 10.1. The molecule has 0 radical (unpaired) electrons. The predicted octanol–water partition coefficient (Wildman–Crippen LogP) is 4.48. The van der Waals surface area contributed by atoms with Gasteiger partial charge in [0.15, 0.2) is 0 Å². The third-order valence-electron chi connectivity index (χ3n) is 3.94. The number of rotatable bonds is 3. The van der Waals surface area contributed by atoms with Crippen molar-refractivity contribution in [1.29, 1.82) is 0 Å². The number of amides is 2. The predicted molar refractivity (Wildman–Crippen MR) is 96.0 cm³/mol. The quantitative estimate of drug-likeness (QED) is 0.874. The molecule has 4 nitrogen and oxygen atoms in total. The van der Waals surface area contributed by atoms with Gasteiger partial charge in [-0.1, -0.05) is 29.3 Å².